The molecule has 2 rings (SSSR count). The zero-order valence-electron chi connectivity index (χ0n) is 13.8. The first-order valence-electron chi connectivity index (χ1n) is 7.47. The first kappa shape index (κ1) is 20.1. The summed E-state index contributed by atoms with van der Waals surface area (Å²) in [5, 5.41) is -0.255. The molecule has 1 aromatic carbocycles. The molecule has 0 aliphatic carbocycles. The predicted molar refractivity (Wildman–Crippen MR) is 92.5 cm³/mol. The lowest BCUT2D eigenvalue weighted by atomic mass is 10.2. The van der Waals surface area contributed by atoms with Gasteiger partial charge in [-0.2, -0.15) is 13.2 Å². The molecule has 2 aromatic rings. The number of rotatable bonds is 7. The van der Waals surface area contributed by atoms with Gasteiger partial charge in [0.05, 0.1) is 12.2 Å². The third-order valence-electron chi connectivity index (χ3n) is 3.18. The highest BCUT2D eigenvalue weighted by Crippen LogP contribution is 2.36. The summed E-state index contributed by atoms with van der Waals surface area (Å²) in [6.45, 7) is 4.36. The van der Waals surface area contributed by atoms with Crippen LogP contribution < -0.4 is 9.47 Å². The number of nitrogens with zero attached hydrogens (tertiary/aromatic N) is 1. The molecular weight excluding hydrogens is 371 g/mol. The maximum absolute atomic E-state index is 12.7. The summed E-state index contributed by atoms with van der Waals surface area (Å²) in [6, 6.07) is 5.79. The molecule has 139 valence electrons. The van der Waals surface area contributed by atoms with Crippen LogP contribution >= 0.6 is 11.6 Å². The lowest BCUT2D eigenvalue weighted by Crippen LogP contribution is -2.06. The van der Waals surface area contributed by atoms with Crippen LogP contribution in [-0.4, -0.2) is 25.3 Å². The summed E-state index contributed by atoms with van der Waals surface area (Å²) in [5.41, 5.74) is -0.318. The van der Waals surface area contributed by atoms with Crippen molar-refractivity contribution < 1.29 is 27.4 Å². The molecule has 0 spiro atoms. The number of alkyl halides is 3. The van der Waals surface area contributed by atoms with E-state index in [1.54, 1.807) is 37.5 Å². The van der Waals surface area contributed by atoms with E-state index in [-0.39, 0.29) is 10.9 Å². The molecule has 0 aliphatic heterocycles. The van der Waals surface area contributed by atoms with Crippen molar-refractivity contribution in [3.05, 3.63) is 59.6 Å². The van der Waals surface area contributed by atoms with Gasteiger partial charge < -0.3 is 14.2 Å². The van der Waals surface area contributed by atoms with E-state index >= 15 is 0 Å². The maximum atomic E-state index is 12.7. The molecule has 4 nitrogen and oxygen atoms in total. The Bertz CT molecular complexity index is 779. The van der Waals surface area contributed by atoms with E-state index in [9.17, 15) is 13.2 Å². The van der Waals surface area contributed by atoms with E-state index in [1.807, 2.05) is 0 Å². The number of allylic oxidation sites excluding steroid dienone is 1. The summed E-state index contributed by atoms with van der Waals surface area (Å²) < 4.78 is 54.2. The van der Waals surface area contributed by atoms with Crippen molar-refractivity contribution in [3.8, 4) is 17.4 Å². The number of ether oxygens (including phenoxy) is 3. The van der Waals surface area contributed by atoms with Crippen LogP contribution in [0.1, 0.15) is 11.1 Å². The molecule has 0 amide bonds. The Hall–Kier alpha value is -2.25. The van der Waals surface area contributed by atoms with Crippen LogP contribution in [0.3, 0.4) is 0 Å². The first-order chi connectivity index (χ1) is 12.3. The number of halogens is 4. The van der Waals surface area contributed by atoms with Crippen LogP contribution in [0.4, 0.5) is 13.2 Å². The fraction of sp³-hybridized carbons (Fsp3) is 0.222. The van der Waals surface area contributed by atoms with Crippen LogP contribution in [0.2, 0.25) is 5.02 Å². The molecule has 0 atom stereocenters. The minimum Gasteiger partial charge on any atom is -0.491 e. The molecule has 1 radical (unpaired) electrons. The number of pyridine rings is 1. The van der Waals surface area contributed by atoms with Gasteiger partial charge in [0.1, 0.15) is 23.1 Å². The van der Waals surface area contributed by atoms with Gasteiger partial charge in [0, 0.05) is 24.9 Å². The molecule has 0 saturated heterocycles. The second-order valence-corrected chi connectivity index (χ2v) is 5.46. The second kappa shape index (κ2) is 8.91. The summed E-state index contributed by atoms with van der Waals surface area (Å²) >= 11 is 5.89. The number of aromatic nitrogens is 1. The maximum Gasteiger partial charge on any atom is 0.417 e. The van der Waals surface area contributed by atoms with Crippen LogP contribution in [0.25, 0.3) is 6.08 Å². The van der Waals surface area contributed by atoms with Gasteiger partial charge in [0.25, 0.3) is 0 Å². The van der Waals surface area contributed by atoms with Gasteiger partial charge in [0.2, 0.25) is 5.88 Å². The van der Waals surface area contributed by atoms with Crippen molar-refractivity contribution in [1.82, 2.24) is 4.98 Å². The predicted octanol–water partition coefficient (Wildman–Crippen LogP) is 5.42. The lowest BCUT2D eigenvalue weighted by Gasteiger charge is -2.13. The summed E-state index contributed by atoms with van der Waals surface area (Å²) in [7, 11) is 1.55. The molecule has 8 heteroatoms. The summed E-state index contributed by atoms with van der Waals surface area (Å²) in [6.07, 6.45) is -0.648. The minimum atomic E-state index is -4.54. The van der Waals surface area contributed by atoms with E-state index < -0.39 is 11.7 Å². The molecule has 0 aliphatic rings. The molecular formula is C18H16ClF3NO3. The smallest absolute Gasteiger partial charge is 0.417 e. The van der Waals surface area contributed by atoms with E-state index in [4.69, 9.17) is 25.8 Å². The molecule has 0 bridgehead atoms. The van der Waals surface area contributed by atoms with Crippen molar-refractivity contribution in [2.24, 2.45) is 0 Å². The largest absolute Gasteiger partial charge is 0.491 e. The summed E-state index contributed by atoms with van der Waals surface area (Å²) in [4.78, 5) is 3.67. The van der Waals surface area contributed by atoms with Gasteiger partial charge in [0.15, 0.2) is 0 Å². The standard InChI is InChI=1S/C18H16ClF3NO3/c1-3-4-12-5-6-14(25-8-7-24-2)10-16(12)26-17-15(19)9-13(11-23-17)18(20,21)22/h3-6,9-11H,1,7-8H2,2H3/b4-3+. The van der Waals surface area contributed by atoms with Gasteiger partial charge >= 0.3 is 6.18 Å². The van der Waals surface area contributed by atoms with Crippen molar-refractivity contribution in [1.29, 1.82) is 0 Å². The van der Waals surface area contributed by atoms with Crippen LogP contribution in [0.5, 0.6) is 17.4 Å². The molecule has 1 heterocycles. The average molecular weight is 387 g/mol. The van der Waals surface area contributed by atoms with E-state index in [1.165, 1.54) is 0 Å². The van der Waals surface area contributed by atoms with E-state index in [2.05, 4.69) is 11.9 Å². The van der Waals surface area contributed by atoms with E-state index in [0.717, 1.165) is 6.07 Å². The van der Waals surface area contributed by atoms with Crippen LogP contribution in [0.15, 0.2) is 36.5 Å². The van der Waals surface area contributed by atoms with Crippen molar-refractivity contribution in [2.45, 2.75) is 6.18 Å². The SMILES string of the molecule is [CH2]/C=C/c1ccc(OCCOC)cc1Oc1ncc(C(F)(F)F)cc1Cl. The topological polar surface area (TPSA) is 40.6 Å². The molecule has 1 aromatic heterocycles. The highest BCUT2D eigenvalue weighted by Gasteiger charge is 2.31. The quantitative estimate of drug-likeness (QED) is 0.596. The van der Waals surface area contributed by atoms with Crippen molar-refractivity contribution in [2.75, 3.05) is 20.3 Å². The van der Waals surface area contributed by atoms with Crippen molar-refractivity contribution in [3.63, 3.8) is 0 Å². The fourth-order valence-electron chi connectivity index (χ4n) is 1.96. The Morgan fingerprint density at radius 3 is 2.62 bits per heavy atom. The number of hydrogen-bond donors (Lipinski definition) is 0. The lowest BCUT2D eigenvalue weighted by molar-refractivity contribution is -0.137. The Kier molecular flexibility index (Phi) is 6.88. The average Bonchev–Trinajstić information content (AvgIpc) is 2.58. The minimum absolute atomic E-state index is 0.146. The molecule has 26 heavy (non-hydrogen) atoms. The van der Waals surface area contributed by atoms with E-state index in [0.29, 0.717) is 36.5 Å². The van der Waals surface area contributed by atoms with Gasteiger partial charge in [-0.15, -0.1) is 0 Å². The third-order valence-corrected chi connectivity index (χ3v) is 3.45. The fourth-order valence-corrected chi connectivity index (χ4v) is 2.16. The highest BCUT2D eigenvalue weighted by molar-refractivity contribution is 6.31. The Morgan fingerprint density at radius 2 is 2.00 bits per heavy atom. The van der Waals surface area contributed by atoms with Crippen LogP contribution in [0, 0.1) is 6.92 Å². The zero-order chi connectivity index (χ0) is 19.2. The molecule has 0 saturated carbocycles. The second-order valence-electron chi connectivity index (χ2n) is 5.05. The van der Waals surface area contributed by atoms with Crippen molar-refractivity contribution >= 4 is 17.7 Å². The molecule has 0 N–H and O–H groups in total. The Balaban J connectivity index is 2.30. The first-order valence-corrected chi connectivity index (χ1v) is 7.85. The number of benzene rings is 1. The molecule has 0 fully saturated rings. The third kappa shape index (κ3) is 5.37. The van der Waals surface area contributed by atoms with Gasteiger partial charge in [-0.3, -0.25) is 0 Å². The molecule has 0 unspecified atom stereocenters. The van der Waals surface area contributed by atoms with Crippen LogP contribution in [-0.2, 0) is 10.9 Å². The normalized spacial score (nSPS) is 11.8. The highest BCUT2D eigenvalue weighted by atomic mass is 35.5. The Labute approximate surface area is 154 Å². The zero-order valence-corrected chi connectivity index (χ0v) is 14.6. The monoisotopic (exact) mass is 386 g/mol. The Morgan fingerprint density at radius 1 is 1.23 bits per heavy atom. The van der Waals surface area contributed by atoms with Gasteiger partial charge in [-0.05, 0) is 25.1 Å². The summed E-state index contributed by atoms with van der Waals surface area (Å²) in [5.74, 6) is 0.669. The van der Waals surface area contributed by atoms with Gasteiger partial charge in [-0.1, -0.05) is 23.8 Å². The van der Waals surface area contributed by atoms with Gasteiger partial charge in [-0.25, -0.2) is 4.98 Å². The number of hydrogen-bond acceptors (Lipinski definition) is 4. The number of methoxy groups -OCH3 is 1.